The Labute approximate surface area is 120 Å². The number of aliphatic hydroxyl groups excluding tert-OH is 1. The van der Waals surface area contributed by atoms with Crippen molar-refractivity contribution in [2.24, 2.45) is 0 Å². The van der Waals surface area contributed by atoms with Crippen molar-refractivity contribution in [3.63, 3.8) is 0 Å². The first-order chi connectivity index (χ1) is 8.90. The molecular weight excluding hydrogens is 314 g/mol. The molecule has 0 aliphatic carbocycles. The van der Waals surface area contributed by atoms with Gasteiger partial charge in [0.15, 0.2) is 0 Å². The summed E-state index contributed by atoms with van der Waals surface area (Å²) in [5, 5.41) is 19.8. The molecule has 0 spiro atoms. The molecule has 19 heavy (non-hydrogen) atoms. The Bertz CT molecular complexity index is 466. The molecule has 0 bridgehead atoms. The van der Waals surface area contributed by atoms with Crippen LogP contribution in [0.4, 0.5) is 11.5 Å². The van der Waals surface area contributed by atoms with Gasteiger partial charge in [-0.25, -0.2) is 4.98 Å². The predicted molar refractivity (Wildman–Crippen MR) is 77.5 cm³/mol. The van der Waals surface area contributed by atoms with Crippen molar-refractivity contribution in [2.75, 3.05) is 18.1 Å². The standard InChI is InChI=1S/C12H18BrN3O3/c1-8(2)15(5-4-6-17)12-11(13)9(3)10(7-14-12)16(18)19/h7-8,17H,4-6H2,1-3H3. The van der Waals surface area contributed by atoms with Crippen LogP contribution >= 0.6 is 15.9 Å². The fourth-order valence-corrected chi connectivity index (χ4v) is 2.32. The van der Waals surface area contributed by atoms with Gasteiger partial charge in [-0.15, -0.1) is 0 Å². The van der Waals surface area contributed by atoms with E-state index in [4.69, 9.17) is 5.11 Å². The highest BCUT2D eigenvalue weighted by Crippen LogP contribution is 2.33. The molecule has 0 amide bonds. The van der Waals surface area contributed by atoms with E-state index in [-0.39, 0.29) is 18.3 Å². The Morgan fingerprint density at radius 1 is 1.58 bits per heavy atom. The largest absolute Gasteiger partial charge is 0.396 e. The quantitative estimate of drug-likeness (QED) is 0.640. The minimum Gasteiger partial charge on any atom is -0.396 e. The van der Waals surface area contributed by atoms with Crippen molar-refractivity contribution in [1.82, 2.24) is 4.98 Å². The zero-order valence-corrected chi connectivity index (χ0v) is 12.8. The lowest BCUT2D eigenvalue weighted by Crippen LogP contribution is -2.33. The van der Waals surface area contributed by atoms with Crippen molar-refractivity contribution in [3.05, 3.63) is 26.3 Å². The van der Waals surface area contributed by atoms with Crippen LogP contribution in [0.15, 0.2) is 10.7 Å². The normalized spacial score (nSPS) is 10.8. The second-order valence-electron chi connectivity index (χ2n) is 4.53. The lowest BCUT2D eigenvalue weighted by molar-refractivity contribution is -0.385. The number of hydrogen-bond acceptors (Lipinski definition) is 5. The van der Waals surface area contributed by atoms with E-state index in [2.05, 4.69) is 20.9 Å². The van der Waals surface area contributed by atoms with Crippen LogP contribution in [0.25, 0.3) is 0 Å². The molecule has 1 aromatic rings. The molecule has 6 nitrogen and oxygen atoms in total. The third kappa shape index (κ3) is 3.63. The van der Waals surface area contributed by atoms with Crippen molar-refractivity contribution in [3.8, 4) is 0 Å². The predicted octanol–water partition coefficient (Wildman–Crippen LogP) is 2.66. The van der Waals surface area contributed by atoms with Gasteiger partial charge in [0.05, 0.1) is 9.40 Å². The Balaban J connectivity index is 3.18. The van der Waals surface area contributed by atoms with Gasteiger partial charge in [-0.3, -0.25) is 10.1 Å². The number of hydrogen-bond donors (Lipinski definition) is 1. The van der Waals surface area contributed by atoms with Crippen LogP contribution in [0.1, 0.15) is 25.8 Å². The molecule has 0 aromatic carbocycles. The zero-order chi connectivity index (χ0) is 14.6. The van der Waals surface area contributed by atoms with E-state index in [9.17, 15) is 10.1 Å². The minimum atomic E-state index is -0.440. The van der Waals surface area contributed by atoms with Crippen molar-refractivity contribution < 1.29 is 10.0 Å². The highest BCUT2D eigenvalue weighted by atomic mass is 79.9. The fraction of sp³-hybridized carbons (Fsp3) is 0.583. The smallest absolute Gasteiger partial charge is 0.291 e. The number of nitrogens with zero attached hydrogens (tertiary/aromatic N) is 3. The number of nitro groups is 1. The monoisotopic (exact) mass is 331 g/mol. The van der Waals surface area contributed by atoms with E-state index in [1.165, 1.54) is 6.20 Å². The molecule has 0 aliphatic heterocycles. The van der Waals surface area contributed by atoms with Crippen LogP contribution in [-0.4, -0.2) is 34.2 Å². The Morgan fingerprint density at radius 3 is 2.68 bits per heavy atom. The van der Waals surface area contributed by atoms with Crippen LogP contribution in [0.3, 0.4) is 0 Å². The number of aromatic nitrogens is 1. The molecule has 0 saturated heterocycles. The number of halogens is 1. The van der Waals surface area contributed by atoms with Gasteiger partial charge < -0.3 is 10.0 Å². The molecule has 0 saturated carbocycles. The molecule has 1 aromatic heterocycles. The van der Waals surface area contributed by atoms with Crippen LogP contribution in [0.2, 0.25) is 0 Å². The summed E-state index contributed by atoms with van der Waals surface area (Å²) in [6.45, 7) is 6.48. The molecule has 0 unspecified atom stereocenters. The number of rotatable bonds is 6. The Hall–Kier alpha value is -1.21. The molecule has 0 atom stereocenters. The highest BCUT2D eigenvalue weighted by molar-refractivity contribution is 9.10. The maximum absolute atomic E-state index is 10.9. The first kappa shape index (κ1) is 15.8. The summed E-state index contributed by atoms with van der Waals surface area (Å²) in [6.07, 6.45) is 1.91. The summed E-state index contributed by atoms with van der Waals surface area (Å²) in [5.41, 5.74) is 0.561. The first-order valence-electron chi connectivity index (χ1n) is 6.07. The van der Waals surface area contributed by atoms with E-state index in [0.717, 1.165) is 0 Å². The average Bonchev–Trinajstić information content (AvgIpc) is 2.33. The number of anilines is 1. The van der Waals surface area contributed by atoms with E-state index < -0.39 is 4.92 Å². The summed E-state index contributed by atoms with van der Waals surface area (Å²) >= 11 is 3.39. The van der Waals surface area contributed by atoms with Gasteiger partial charge in [0.2, 0.25) is 0 Å². The second-order valence-corrected chi connectivity index (χ2v) is 5.32. The number of aliphatic hydroxyl groups is 1. The van der Waals surface area contributed by atoms with Crippen LogP contribution in [0.5, 0.6) is 0 Å². The second kappa shape index (κ2) is 6.81. The van der Waals surface area contributed by atoms with Crippen LogP contribution in [-0.2, 0) is 0 Å². The third-order valence-electron chi connectivity index (χ3n) is 2.87. The summed E-state index contributed by atoms with van der Waals surface area (Å²) in [4.78, 5) is 16.6. The van der Waals surface area contributed by atoms with Gasteiger partial charge >= 0.3 is 0 Å². The molecule has 1 heterocycles. The Kier molecular flexibility index (Phi) is 5.68. The maximum Gasteiger partial charge on any atom is 0.291 e. The third-order valence-corrected chi connectivity index (χ3v) is 3.82. The molecule has 0 radical (unpaired) electrons. The SMILES string of the molecule is Cc1c([N+](=O)[O-])cnc(N(CCCO)C(C)C)c1Br. The molecule has 0 fully saturated rings. The lowest BCUT2D eigenvalue weighted by atomic mass is 10.2. The Morgan fingerprint density at radius 2 is 2.21 bits per heavy atom. The molecule has 1 N–H and O–H groups in total. The minimum absolute atomic E-state index is 0.00138. The zero-order valence-electron chi connectivity index (χ0n) is 11.3. The van der Waals surface area contributed by atoms with Gasteiger partial charge in [0.1, 0.15) is 12.0 Å². The summed E-state index contributed by atoms with van der Waals surface area (Å²) in [5.74, 6) is 0.673. The molecular formula is C12H18BrN3O3. The van der Waals surface area contributed by atoms with Crippen molar-refractivity contribution >= 4 is 27.4 Å². The first-order valence-corrected chi connectivity index (χ1v) is 6.86. The van der Waals surface area contributed by atoms with Gasteiger partial charge in [0, 0.05) is 24.8 Å². The average molecular weight is 332 g/mol. The fourth-order valence-electron chi connectivity index (χ4n) is 1.79. The maximum atomic E-state index is 10.9. The molecule has 7 heteroatoms. The summed E-state index contributed by atoms with van der Waals surface area (Å²) < 4.78 is 0.633. The molecule has 1 rings (SSSR count). The highest BCUT2D eigenvalue weighted by Gasteiger charge is 2.21. The topological polar surface area (TPSA) is 79.5 Å². The van der Waals surface area contributed by atoms with Gasteiger partial charge in [-0.1, -0.05) is 0 Å². The van der Waals surface area contributed by atoms with Gasteiger partial charge in [-0.2, -0.15) is 0 Å². The van der Waals surface area contributed by atoms with Crippen molar-refractivity contribution in [2.45, 2.75) is 33.2 Å². The van der Waals surface area contributed by atoms with E-state index in [1.807, 2.05) is 18.7 Å². The molecule has 106 valence electrons. The van der Waals surface area contributed by atoms with Gasteiger partial charge in [-0.05, 0) is 43.1 Å². The van der Waals surface area contributed by atoms with Crippen LogP contribution in [0, 0.1) is 17.0 Å². The van der Waals surface area contributed by atoms with Crippen LogP contribution < -0.4 is 4.90 Å². The number of pyridine rings is 1. The van der Waals surface area contributed by atoms with E-state index >= 15 is 0 Å². The van der Waals surface area contributed by atoms with E-state index in [1.54, 1.807) is 6.92 Å². The summed E-state index contributed by atoms with van der Waals surface area (Å²) in [7, 11) is 0. The van der Waals surface area contributed by atoms with E-state index in [0.29, 0.717) is 28.8 Å². The van der Waals surface area contributed by atoms with Gasteiger partial charge in [0.25, 0.3) is 5.69 Å². The molecule has 0 aliphatic rings. The van der Waals surface area contributed by atoms with Crippen molar-refractivity contribution in [1.29, 1.82) is 0 Å². The summed E-state index contributed by atoms with van der Waals surface area (Å²) in [6, 6.07) is 0.191. The lowest BCUT2D eigenvalue weighted by Gasteiger charge is -2.28.